The Bertz CT molecular complexity index is 1850. The van der Waals surface area contributed by atoms with Gasteiger partial charge in [0, 0.05) is 25.3 Å². The maximum Gasteiger partial charge on any atom is 0.416 e. The van der Waals surface area contributed by atoms with E-state index in [1.807, 2.05) is 0 Å². The lowest BCUT2D eigenvalue weighted by Crippen LogP contribution is -2.30. The number of aryl methyl sites for hydroxylation is 2. The second kappa shape index (κ2) is 13.4. The quantitative estimate of drug-likeness (QED) is 0.141. The van der Waals surface area contributed by atoms with Crippen molar-refractivity contribution in [3.63, 3.8) is 0 Å². The maximum absolute atomic E-state index is 14.4. The zero-order chi connectivity index (χ0) is 36.8. The van der Waals surface area contributed by atoms with Crippen molar-refractivity contribution in [1.29, 1.82) is 0 Å². The zero-order valence-electron chi connectivity index (χ0n) is 26.5. The molecule has 0 bridgehead atoms. The normalized spacial score (nSPS) is 15.5. The SMILES string of the molecule is COC(=O)c1cc(CN2CCCC(N(Cc3cc(C(F)(F)F)cc(C(F)(F)F)c3)c3nnn(C)n3)c3cc(C)c(C(F)(F)F)cc32)ccc1F. The summed E-state index contributed by atoms with van der Waals surface area (Å²) in [5, 5.41) is 11.9. The van der Waals surface area contributed by atoms with Crippen LogP contribution in [0.15, 0.2) is 48.5 Å². The van der Waals surface area contributed by atoms with E-state index in [4.69, 9.17) is 0 Å². The largest absolute Gasteiger partial charge is 0.465 e. The topological polar surface area (TPSA) is 76.4 Å². The summed E-state index contributed by atoms with van der Waals surface area (Å²) in [6.45, 7) is 0.642. The summed E-state index contributed by atoms with van der Waals surface area (Å²) >= 11 is 0. The number of rotatable bonds is 7. The number of methoxy groups -OCH3 is 1. The fraction of sp³-hybridized carbons (Fsp3) is 0.375. The zero-order valence-corrected chi connectivity index (χ0v) is 26.5. The molecule has 0 fully saturated rings. The van der Waals surface area contributed by atoms with Gasteiger partial charge < -0.3 is 14.5 Å². The predicted molar refractivity (Wildman–Crippen MR) is 158 cm³/mol. The molecule has 1 aliphatic rings. The van der Waals surface area contributed by atoms with Crippen molar-refractivity contribution in [2.45, 2.75) is 57.4 Å². The molecule has 8 nitrogen and oxygen atoms in total. The van der Waals surface area contributed by atoms with E-state index in [9.17, 15) is 48.7 Å². The molecule has 0 radical (unpaired) electrons. The van der Waals surface area contributed by atoms with E-state index in [-0.39, 0.29) is 54.8 Å². The van der Waals surface area contributed by atoms with Crippen molar-refractivity contribution < 1.29 is 53.4 Å². The van der Waals surface area contributed by atoms with Gasteiger partial charge in [-0.05, 0) is 83.6 Å². The number of halogens is 10. The van der Waals surface area contributed by atoms with Crippen LogP contribution in [0.1, 0.15) is 68.2 Å². The Hall–Kier alpha value is -4.90. The molecule has 268 valence electrons. The predicted octanol–water partition coefficient (Wildman–Crippen LogP) is 8.05. The Labute approximate surface area is 278 Å². The Morgan fingerprint density at radius 2 is 1.58 bits per heavy atom. The minimum atomic E-state index is -5.12. The van der Waals surface area contributed by atoms with Crippen molar-refractivity contribution in [3.05, 3.63) is 98.9 Å². The molecular weight excluding hydrogens is 690 g/mol. The van der Waals surface area contributed by atoms with Crippen molar-refractivity contribution >= 4 is 17.6 Å². The number of fused-ring (bicyclic) bond motifs is 1. The molecule has 0 N–H and O–H groups in total. The summed E-state index contributed by atoms with van der Waals surface area (Å²) in [5.41, 5.74) is -4.42. The first-order chi connectivity index (χ1) is 23.3. The van der Waals surface area contributed by atoms with Gasteiger partial charge in [0.25, 0.3) is 5.95 Å². The van der Waals surface area contributed by atoms with Crippen molar-refractivity contribution in [3.8, 4) is 0 Å². The molecule has 1 unspecified atom stereocenters. The van der Waals surface area contributed by atoms with Gasteiger partial charge in [0.1, 0.15) is 5.82 Å². The number of ether oxygens (including phenoxy) is 1. The van der Waals surface area contributed by atoms with Crippen LogP contribution in [0.3, 0.4) is 0 Å². The van der Waals surface area contributed by atoms with Gasteiger partial charge in [-0.2, -0.15) is 44.3 Å². The molecule has 0 spiro atoms. The highest BCUT2D eigenvalue weighted by molar-refractivity contribution is 5.89. The Morgan fingerprint density at radius 3 is 2.14 bits per heavy atom. The van der Waals surface area contributed by atoms with Crippen molar-refractivity contribution in [1.82, 2.24) is 20.2 Å². The summed E-state index contributed by atoms with van der Waals surface area (Å²) < 4.78 is 144. The smallest absolute Gasteiger partial charge is 0.416 e. The number of esters is 1. The van der Waals surface area contributed by atoms with Crippen LogP contribution in [0, 0.1) is 12.7 Å². The molecule has 0 aliphatic carbocycles. The molecule has 18 heteroatoms. The Kier molecular flexibility index (Phi) is 9.77. The first-order valence-corrected chi connectivity index (χ1v) is 14.9. The first kappa shape index (κ1) is 36.4. The summed E-state index contributed by atoms with van der Waals surface area (Å²) in [6, 6.07) is 5.92. The molecule has 3 aromatic carbocycles. The van der Waals surface area contributed by atoms with E-state index >= 15 is 0 Å². The van der Waals surface area contributed by atoms with Crippen LogP contribution >= 0.6 is 0 Å². The number of nitrogens with zero attached hydrogens (tertiary/aromatic N) is 6. The van der Waals surface area contributed by atoms with Gasteiger partial charge in [0.05, 0.1) is 42.5 Å². The highest BCUT2D eigenvalue weighted by Gasteiger charge is 2.39. The number of benzene rings is 3. The fourth-order valence-electron chi connectivity index (χ4n) is 5.98. The second-order valence-electron chi connectivity index (χ2n) is 11.7. The van der Waals surface area contributed by atoms with Gasteiger partial charge in [-0.1, -0.05) is 17.2 Å². The molecule has 0 amide bonds. The van der Waals surface area contributed by atoms with Gasteiger partial charge in [-0.3, -0.25) is 0 Å². The molecular formula is C32H28F10N6O2. The van der Waals surface area contributed by atoms with E-state index < -0.39 is 70.7 Å². The first-order valence-electron chi connectivity index (χ1n) is 14.9. The lowest BCUT2D eigenvalue weighted by atomic mass is 9.94. The van der Waals surface area contributed by atoms with E-state index in [1.54, 1.807) is 4.90 Å². The van der Waals surface area contributed by atoms with E-state index in [1.165, 1.54) is 37.1 Å². The monoisotopic (exact) mass is 718 g/mol. The highest BCUT2D eigenvalue weighted by atomic mass is 19.4. The third-order valence-electron chi connectivity index (χ3n) is 8.23. The van der Waals surface area contributed by atoms with E-state index in [0.717, 1.165) is 24.0 Å². The molecule has 0 saturated carbocycles. The molecule has 5 rings (SSSR count). The van der Waals surface area contributed by atoms with Crippen LogP contribution in [-0.2, 0) is 43.4 Å². The van der Waals surface area contributed by atoms with E-state index in [2.05, 4.69) is 20.1 Å². The standard InChI is InChI=1S/C32H28F10N6O2/c1-17-9-23-26(48(29-43-45-46(2)44-29)16-19-10-20(30(34,35)36)13-21(11-19)31(37,38)39)5-4-8-47(27(23)14-24(17)32(40,41)42)15-18-6-7-25(33)22(12-18)28(49)50-3/h6-7,9-14,26H,4-5,8,15-16H2,1-3H3. The molecule has 1 aromatic heterocycles. The Morgan fingerprint density at radius 1 is 0.920 bits per heavy atom. The van der Waals surface area contributed by atoms with Crippen molar-refractivity contribution in [2.24, 2.45) is 7.05 Å². The van der Waals surface area contributed by atoms with Crippen LogP contribution < -0.4 is 9.80 Å². The maximum atomic E-state index is 14.4. The number of carbonyl (C=O) groups is 1. The number of hydrogen-bond donors (Lipinski definition) is 0. The van der Waals surface area contributed by atoms with Gasteiger partial charge in [-0.15, -0.1) is 5.10 Å². The summed E-state index contributed by atoms with van der Waals surface area (Å²) in [7, 11) is 2.44. The average molecular weight is 719 g/mol. The summed E-state index contributed by atoms with van der Waals surface area (Å²) in [5.74, 6) is -2.03. The van der Waals surface area contributed by atoms with Crippen molar-refractivity contribution in [2.75, 3.05) is 23.5 Å². The lowest BCUT2D eigenvalue weighted by Gasteiger charge is -2.33. The second-order valence-corrected chi connectivity index (χ2v) is 11.7. The van der Waals surface area contributed by atoms with Crippen LogP contribution in [0.25, 0.3) is 0 Å². The lowest BCUT2D eigenvalue weighted by molar-refractivity contribution is -0.143. The van der Waals surface area contributed by atoms with Crippen LogP contribution in [0.4, 0.5) is 55.5 Å². The molecule has 1 aliphatic heterocycles. The number of hydrogen-bond acceptors (Lipinski definition) is 7. The number of carbonyl (C=O) groups excluding carboxylic acids is 1. The van der Waals surface area contributed by atoms with Gasteiger partial charge in [-0.25, -0.2) is 9.18 Å². The molecule has 1 atom stereocenters. The molecule has 2 heterocycles. The van der Waals surface area contributed by atoms with Crippen LogP contribution in [0.2, 0.25) is 0 Å². The number of alkyl halides is 9. The minimum absolute atomic E-state index is 0.00364. The third-order valence-corrected chi connectivity index (χ3v) is 8.23. The van der Waals surface area contributed by atoms with Crippen LogP contribution in [0.5, 0.6) is 0 Å². The highest BCUT2D eigenvalue weighted by Crippen LogP contribution is 2.44. The number of aromatic nitrogens is 4. The minimum Gasteiger partial charge on any atom is -0.465 e. The Balaban J connectivity index is 1.66. The molecule has 50 heavy (non-hydrogen) atoms. The van der Waals surface area contributed by atoms with Gasteiger partial charge in [0.2, 0.25) is 0 Å². The van der Waals surface area contributed by atoms with Crippen LogP contribution in [-0.4, -0.2) is 39.8 Å². The fourth-order valence-corrected chi connectivity index (χ4v) is 5.98. The molecule has 4 aromatic rings. The van der Waals surface area contributed by atoms with Gasteiger partial charge in [0.15, 0.2) is 0 Å². The summed E-state index contributed by atoms with van der Waals surface area (Å²) in [4.78, 5) is 16.0. The summed E-state index contributed by atoms with van der Waals surface area (Å²) in [6.07, 6.45) is -14.6. The van der Waals surface area contributed by atoms with Gasteiger partial charge >= 0.3 is 24.5 Å². The average Bonchev–Trinajstić information content (AvgIpc) is 3.38. The third kappa shape index (κ3) is 7.78. The number of tetrazole rings is 1. The van der Waals surface area contributed by atoms with E-state index in [0.29, 0.717) is 17.7 Å². The molecule has 0 saturated heterocycles. The number of anilines is 2.